The SMILES string of the molecule is [B]c1ccc2cc(O)ccc2c1. The highest BCUT2D eigenvalue weighted by Gasteiger charge is 1.93. The molecule has 0 heterocycles. The standard InChI is InChI=1S/C10H7BO/c11-9-3-1-8-6-10(12)4-2-7(8)5-9/h1-6,12H. The number of aromatic hydroxyl groups is 1. The van der Waals surface area contributed by atoms with Crippen molar-refractivity contribution in [1.82, 2.24) is 0 Å². The van der Waals surface area contributed by atoms with E-state index in [-0.39, 0.29) is 5.75 Å². The lowest BCUT2D eigenvalue weighted by molar-refractivity contribution is 0.476. The molecule has 1 N–H and O–H groups in total. The molecule has 0 aliphatic heterocycles. The molecule has 2 heteroatoms. The Hall–Kier alpha value is -1.44. The molecule has 56 valence electrons. The minimum atomic E-state index is 0.285. The van der Waals surface area contributed by atoms with Gasteiger partial charge in [-0.25, -0.2) is 0 Å². The fourth-order valence-electron chi connectivity index (χ4n) is 1.25. The zero-order chi connectivity index (χ0) is 8.55. The quantitative estimate of drug-likeness (QED) is 0.567. The molecule has 0 aromatic heterocycles. The van der Waals surface area contributed by atoms with E-state index in [2.05, 4.69) is 0 Å². The van der Waals surface area contributed by atoms with Gasteiger partial charge in [-0.05, 0) is 22.9 Å². The van der Waals surface area contributed by atoms with Crippen LogP contribution in [0.15, 0.2) is 36.4 Å². The lowest BCUT2D eigenvalue weighted by Crippen LogP contribution is -1.99. The third kappa shape index (κ3) is 1.16. The molecule has 0 saturated heterocycles. The minimum Gasteiger partial charge on any atom is -0.508 e. The molecule has 1 nitrogen and oxygen atoms in total. The van der Waals surface area contributed by atoms with Crippen LogP contribution in [0.5, 0.6) is 5.75 Å². The van der Waals surface area contributed by atoms with Crippen molar-refractivity contribution >= 4 is 24.1 Å². The number of hydrogen-bond donors (Lipinski definition) is 1. The van der Waals surface area contributed by atoms with E-state index in [4.69, 9.17) is 13.0 Å². The van der Waals surface area contributed by atoms with Gasteiger partial charge in [-0.3, -0.25) is 0 Å². The summed E-state index contributed by atoms with van der Waals surface area (Å²) in [4.78, 5) is 0. The van der Waals surface area contributed by atoms with Crippen LogP contribution < -0.4 is 5.46 Å². The number of hydrogen-bond acceptors (Lipinski definition) is 1. The Morgan fingerprint density at radius 1 is 0.917 bits per heavy atom. The Morgan fingerprint density at radius 2 is 1.58 bits per heavy atom. The second kappa shape index (κ2) is 2.56. The number of phenolic OH excluding ortho intramolecular Hbond substituents is 1. The predicted molar refractivity (Wildman–Crippen MR) is 51.0 cm³/mol. The molecule has 0 saturated carbocycles. The van der Waals surface area contributed by atoms with Crippen molar-refractivity contribution in [2.24, 2.45) is 0 Å². The van der Waals surface area contributed by atoms with E-state index >= 15 is 0 Å². The van der Waals surface area contributed by atoms with Crippen molar-refractivity contribution in [3.05, 3.63) is 36.4 Å². The van der Waals surface area contributed by atoms with Crippen molar-refractivity contribution in [2.75, 3.05) is 0 Å². The van der Waals surface area contributed by atoms with E-state index in [9.17, 15) is 0 Å². The van der Waals surface area contributed by atoms with Gasteiger partial charge >= 0.3 is 0 Å². The first-order chi connectivity index (χ1) is 5.75. The van der Waals surface area contributed by atoms with Gasteiger partial charge in [0.25, 0.3) is 0 Å². The highest BCUT2D eigenvalue weighted by atomic mass is 16.3. The molecule has 0 aliphatic rings. The number of benzene rings is 2. The van der Waals surface area contributed by atoms with Gasteiger partial charge in [0.1, 0.15) is 13.6 Å². The fraction of sp³-hybridized carbons (Fsp3) is 0. The second-order valence-corrected chi connectivity index (χ2v) is 2.79. The normalized spacial score (nSPS) is 10.3. The van der Waals surface area contributed by atoms with E-state index in [1.165, 1.54) is 0 Å². The summed E-state index contributed by atoms with van der Waals surface area (Å²) in [5.74, 6) is 0.285. The molecule has 0 amide bonds. The highest BCUT2D eigenvalue weighted by molar-refractivity contribution is 6.33. The summed E-state index contributed by atoms with van der Waals surface area (Å²) >= 11 is 0. The van der Waals surface area contributed by atoms with Crippen molar-refractivity contribution in [3.63, 3.8) is 0 Å². The largest absolute Gasteiger partial charge is 0.508 e. The van der Waals surface area contributed by atoms with E-state index in [0.29, 0.717) is 0 Å². The van der Waals surface area contributed by atoms with Crippen LogP contribution in [0.25, 0.3) is 10.8 Å². The van der Waals surface area contributed by atoms with Crippen LogP contribution in [0.4, 0.5) is 0 Å². The molecule has 2 aromatic rings. The first-order valence-corrected chi connectivity index (χ1v) is 3.74. The summed E-state index contributed by atoms with van der Waals surface area (Å²) in [5, 5.41) is 11.2. The topological polar surface area (TPSA) is 20.2 Å². The van der Waals surface area contributed by atoms with Gasteiger partial charge in [-0.15, -0.1) is 0 Å². The molecule has 0 unspecified atom stereocenters. The molecule has 0 fully saturated rings. The van der Waals surface area contributed by atoms with Crippen LogP contribution in [0, 0.1) is 0 Å². The summed E-state index contributed by atoms with van der Waals surface area (Å²) in [6, 6.07) is 10.8. The molecule has 0 atom stereocenters. The van der Waals surface area contributed by atoms with E-state index < -0.39 is 0 Å². The summed E-state index contributed by atoms with van der Waals surface area (Å²) in [7, 11) is 5.60. The molecular formula is C10H7BO. The van der Waals surface area contributed by atoms with Gasteiger partial charge in [0.15, 0.2) is 0 Å². The van der Waals surface area contributed by atoms with Crippen LogP contribution in [-0.2, 0) is 0 Å². The van der Waals surface area contributed by atoms with Gasteiger partial charge in [0.05, 0.1) is 0 Å². The summed E-state index contributed by atoms with van der Waals surface area (Å²) in [5.41, 5.74) is 0.744. The number of phenols is 1. The third-order valence-electron chi connectivity index (χ3n) is 1.85. The summed E-state index contributed by atoms with van der Waals surface area (Å²) in [6.45, 7) is 0. The molecular weight excluding hydrogens is 147 g/mol. The molecule has 2 aromatic carbocycles. The number of rotatable bonds is 0. The lowest BCUT2D eigenvalue weighted by Gasteiger charge is -1.99. The summed E-state index contributed by atoms with van der Waals surface area (Å²) in [6.07, 6.45) is 0. The lowest BCUT2D eigenvalue weighted by atomic mass is 9.93. The van der Waals surface area contributed by atoms with E-state index in [0.717, 1.165) is 16.2 Å². The molecule has 0 spiro atoms. The predicted octanol–water partition coefficient (Wildman–Crippen LogP) is 1.34. The maximum absolute atomic E-state index is 9.17. The molecule has 0 bridgehead atoms. The van der Waals surface area contributed by atoms with Crippen LogP contribution in [0.1, 0.15) is 0 Å². The van der Waals surface area contributed by atoms with Crippen LogP contribution in [0.3, 0.4) is 0 Å². The van der Waals surface area contributed by atoms with Crippen molar-refractivity contribution in [1.29, 1.82) is 0 Å². The Balaban J connectivity index is 2.79. The van der Waals surface area contributed by atoms with Crippen molar-refractivity contribution in [2.45, 2.75) is 0 Å². The van der Waals surface area contributed by atoms with Gasteiger partial charge < -0.3 is 5.11 Å². The second-order valence-electron chi connectivity index (χ2n) is 2.79. The zero-order valence-corrected chi connectivity index (χ0v) is 6.49. The Kier molecular flexibility index (Phi) is 1.54. The van der Waals surface area contributed by atoms with Crippen LogP contribution >= 0.6 is 0 Å². The first kappa shape index (κ1) is 7.23. The smallest absolute Gasteiger partial charge is 0.116 e. The average Bonchev–Trinajstić information content (AvgIpc) is 2.05. The van der Waals surface area contributed by atoms with E-state index in [1.54, 1.807) is 12.1 Å². The molecule has 12 heavy (non-hydrogen) atoms. The van der Waals surface area contributed by atoms with Gasteiger partial charge in [-0.1, -0.05) is 29.7 Å². The number of fused-ring (bicyclic) bond motifs is 1. The Labute approximate surface area is 72.1 Å². The Bertz CT molecular complexity index is 382. The minimum absolute atomic E-state index is 0.285. The third-order valence-corrected chi connectivity index (χ3v) is 1.85. The van der Waals surface area contributed by atoms with Crippen molar-refractivity contribution < 1.29 is 5.11 Å². The highest BCUT2D eigenvalue weighted by Crippen LogP contribution is 2.17. The summed E-state index contributed by atoms with van der Waals surface area (Å²) < 4.78 is 0. The fourth-order valence-corrected chi connectivity index (χ4v) is 1.25. The van der Waals surface area contributed by atoms with Gasteiger partial charge in [0.2, 0.25) is 0 Å². The molecule has 0 aliphatic carbocycles. The maximum Gasteiger partial charge on any atom is 0.116 e. The van der Waals surface area contributed by atoms with Crippen molar-refractivity contribution in [3.8, 4) is 5.75 Å². The molecule has 2 rings (SSSR count). The van der Waals surface area contributed by atoms with Gasteiger partial charge in [-0.2, -0.15) is 0 Å². The maximum atomic E-state index is 9.17. The zero-order valence-electron chi connectivity index (χ0n) is 6.49. The van der Waals surface area contributed by atoms with E-state index in [1.807, 2.05) is 24.3 Å². The van der Waals surface area contributed by atoms with Gasteiger partial charge in [0, 0.05) is 0 Å². The van der Waals surface area contributed by atoms with Crippen LogP contribution in [0.2, 0.25) is 0 Å². The monoisotopic (exact) mass is 154 g/mol. The van der Waals surface area contributed by atoms with Crippen LogP contribution in [-0.4, -0.2) is 13.0 Å². The Morgan fingerprint density at radius 3 is 2.42 bits per heavy atom. The first-order valence-electron chi connectivity index (χ1n) is 3.74. The molecule has 2 radical (unpaired) electrons. The average molecular weight is 154 g/mol.